The molecule has 0 aromatic heterocycles. The number of hydrogen-bond acceptors (Lipinski definition) is 3. The molecule has 0 aliphatic rings. The van der Waals surface area contributed by atoms with Crippen LogP contribution in [0.5, 0.6) is 5.75 Å². The molecular weight excluding hydrogens is 224 g/mol. The van der Waals surface area contributed by atoms with E-state index in [0.29, 0.717) is 13.2 Å². The Hall–Kier alpha value is -2.00. The summed E-state index contributed by atoms with van der Waals surface area (Å²) < 4.78 is 5.58. The van der Waals surface area contributed by atoms with Gasteiger partial charge in [-0.05, 0) is 36.8 Å². The summed E-state index contributed by atoms with van der Waals surface area (Å²) in [6.45, 7) is 3.18. The van der Waals surface area contributed by atoms with Gasteiger partial charge in [0, 0.05) is 12.2 Å². The molecule has 0 heterocycles. The van der Waals surface area contributed by atoms with E-state index in [4.69, 9.17) is 10.5 Å². The molecular formula is C15H18N2O. The number of nitrogens with one attached hydrogen (secondary N) is 1. The van der Waals surface area contributed by atoms with Crippen molar-refractivity contribution in [1.82, 2.24) is 0 Å². The molecule has 0 fully saturated rings. The van der Waals surface area contributed by atoms with E-state index >= 15 is 0 Å². The van der Waals surface area contributed by atoms with Crippen molar-refractivity contribution in [2.75, 3.05) is 11.9 Å². The molecule has 3 nitrogen and oxygen atoms in total. The number of benzene rings is 2. The molecule has 3 N–H and O–H groups in total. The van der Waals surface area contributed by atoms with Gasteiger partial charge < -0.3 is 15.8 Å². The van der Waals surface area contributed by atoms with Crippen LogP contribution in [0.15, 0.2) is 48.5 Å². The Morgan fingerprint density at radius 2 is 1.94 bits per heavy atom. The summed E-state index contributed by atoms with van der Waals surface area (Å²) in [6, 6.07) is 16.0. The molecule has 2 aromatic rings. The van der Waals surface area contributed by atoms with Crippen LogP contribution < -0.4 is 15.8 Å². The van der Waals surface area contributed by atoms with E-state index in [2.05, 4.69) is 5.32 Å². The van der Waals surface area contributed by atoms with E-state index in [9.17, 15) is 0 Å². The number of anilines is 2. The number of ether oxygens (including phenoxy) is 1. The van der Waals surface area contributed by atoms with Crippen LogP contribution in [0.3, 0.4) is 0 Å². The fourth-order valence-electron chi connectivity index (χ4n) is 1.78. The van der Waals surface area contributed by atoms with Crippen LogP contribution in [0.2, 0.25) is 0 Å². The Bertz CT molecular complexity index is 511. The second-order valence-corrected chi connectivity index (χ2v) is 3.96. The minimum absolute atomic E-state index is 0.544. The summed E-state index contributed by atoms with van der Waals surface area (Å²) in [4.78, 5) is 0. The van der Waals surface area contributed by atoms with E-state index in [1.165, 1.54) is 0 Å². The SMILES string of the molecule is CCOc1ccccc1Nc1cccc(CN)c1. The highest BCUT2D eigenvalue weighted by Gasteiger charge is 2.02. The van der Waals surface area contributed by atoms with E-state index in [1.807, 2.05) is 55.5 Å². The van der Waals surface area contributed by atoms with E-state index in [-0.39, 0.29) is 0 Å². The lowest BCUT2D eigenvalue weighted by Crippen LogP contribution is -1.99. The Morgan fingerprint density at radius 3 is 2.72 bits per heavy atom. The standard InChI is InChI=1S/C15H18N2O/c1-2-18-15-9-4-3-8-14(15)17-13-7-5-6-12(10-13)11-16/h3-10,17H,2,11,16H2,1H3. The molecule has 0 bridgehead atoms. The van der Waals surface area contributed by atoms with Crippen LogP contribution in [0.4, 0.5) is 11.4 Å². The minimum atomic E-state index is 0.544. The van der Waals surface area contributed by atoms with Gasteiger partial charge >= 0.3 is 0 Å². The highest BCUT2D eigenvalue weighted by molar-refractivity contribution is 5.66. The van der Waals surface area contributed by atoms with Crippen LogP contribution >= 0.6 is 0 Å². The van der Waals surface area contributed by atoms with Crippen molar-refractivity contribution in [1.29, 1.82) is 0 Å². The minimum Gasteiger partial charge on any atom is -0.492 e. The predicted molar refractivity (Wildman–Crippen MR) is 75.2 cm³/mol. The molecule has 0 saturated carbocycles. The molecule has 0 amide bonds. The molecule has 0 spiro atoms. The molecule has 3 heteroatoms. The lowest BCUT2D eigenvalue weighted by Gasteiger charge is -2.12. The Labute approximate surface area is 108 Å². The molecule has 2 rings (SSSR count). The summed E-state index contributed by atoms with van der Waals surface area (Å²) in [5.74, 6) is 0.859. The Morgan fingerprint density at radius 1 is 1.11 bits per heavy atom. The second kappa shape index (κ2) is 6.07. The molecule has 0 aliphatic carbocycles. The van der Waals surface area contributed by atoms with Crippen LogP contribution in [0.25, 0.3) is 0 Å². The van der Waals surface area contributed by atoms with Gasteiger partial charge in [-0.25, -0.2) is 0 Å². The number of hydrogen-bond donors (Lipinski definition) is 2. The third-order valence-electron chi connectivity index (χ3n) is 2.63. The van der Waals surface area contributed by atoms with Gasteiger partial charge in [-0.2, -0.15) is 0 Å². The molecule has 0 unspecified atom stereocenters. The molecule has 0 aliphatic heterocycles. The number of rotatable bonds is 5. The molecule has 2 aromatic carbocycles. The van der Waals surface area contributed by atoms with E-state index in [1.54, 1.807) is 0 Å². The van der Waals surface area contributed by atoms with Gasteiger partial charge in [0.25, 0.3) is 0 Å². The third-order valence-corrected chi connectivity index (χ3v) is 2.63. The first-order chi connectivity index (χ1) is 8.83. The maximum Gasteiger partial charge on any atom is 0.142 e. The van der Waals surface area contributed by atoms with Gasteiger partial charge in [-0.3, -0.25) is 0 Å². The predicted octanol–water partition coefficient (Wildman–Crippen LogP) is 3.29. The van der Waals surface area contributed by atoms with Gasteiger partial charge in [-0.15, -0.1) is 0 Å². The van der Waals surface area contributed by atoms with E-state index in [0.717, 1.165) is 22.7 Å². The summed E-state index contributed by atoms with van der Waals surface area (Å²) in [7, 11) is 0. The van der Waals surface area contributed by atoms with Gasteiger partial charge in [0.2, 0.25) is 0 Å². The maximum absolute atomic E-state index is 5.64. The van der Waals surface area contributed by atoms with Crippen molar-refractivity contribution in [3.63, 3.8) is 0 Å². The first-order valence-corrected chi connectivity index (χ1v) is 6.11. The molecule has 0 saturated heterocycles. The van der Waals surface area contributed by atoms with Crippen LogP contribution in [-0.4, -0.2) is 6.61 Å². The first kappa shape index (κ1) is 12.5. The Kier molecular flexibility index (Phi) is 4.20. The topological polar surface area (TPSA) is 47.3 Å². The quantitative estimate of drug-likeness (QED) is 0.845. The molecule has 18 heavy (non-hydrogen) atoms. The summed E-state index contributed by atoms with van der Waals surface area (Å²) in [6.07, 6.45) is 0. The van der Waals surface area contributed by atoms with Crippen LogP contribution in [0.1, 0.15) is 12.5 Å². The second-order valence-electron chi connectivity index (χ2n) is 3.96. The van der Waals surface area contributed by atoms with Crippen molar-refractivity contribution >= 4 is 11.4 Å². The van der Waals surface area contributed by atoms with Gasteiger partial charge in [0.05, 0.1) is 12.3 Å². The average molecular weight is 242 g/mol. The normalized spacial score (nSPS) is 10.1. The van der Waals surface area contributed by atoms with Crippen LogP contribution in [0, 0.1) is 0 Å². The largest absolute Gasteiger partial charge is 0.492 e. The summed E-state index contributed by atoms with van der Waals surface area (Å²) in [5.41, 5.74) is 8.73. The number of para-hydroxylation sites is 2. The summed E-state index contributed by atoms with van der Waals surface area (Å²) >= 11 is 0. The first-order valence-electron chi connectivity index (χ1n) is 6.11. The zero-order chi connectivity index (χ0) is 12.8. The zero-order valence-electron chi connectivity index (χ0n) is 10.5. The van der Waals surface area contributed by atoms with Gasteiger partial charge in [0.15, 0.2) is 0 Å². The lowest BCUT2D eigenvalue weighted by molar-refractivity contribution is 0.342. The zero-order valence-corrected chi connectivity index (χ0v) is 10.5. The van der Waals surface area contributed by atoms with Gasteiger partial charge in [0.1, 0.15) is 5.75 Å². The summed E-state index contributed by atoms with van der Waals surface area (Å²) in [5, 5.41) is 3.35. The smallest absolute Gasteiger partial charge is 0.142 e. The molecule has 94 valence electrons. The highest BCUT2D eigenvalue weighted by atomic mass is 16.5. The fourth-order valence-corrected chi connectivity index (χ4v) is 1.78. The average Bonchev–Trinajstić information content (AvgIpc) is 2.41. The molecule has 0 atom stereocenters. The molecule has 0 radical (unpaired) electrons. The van der Waals surface area contributed by atoms with Crippen molar-refractivity contribution in [3.05, 3.63) is 54.1 Å². The van der Waals surface area contributed by atoms with Crippen molar-refractivity contribution in [3.8, 4) is 5.75 Å². The van der Waals surface area contributed by atoms with Crippen molar-refractivity contribution in [2.24, 2.45) is 5.73 Å². The van der Waals surface area contributed by atoms with Gasteiger partial charge in [-0.1, -0.05) is 24.3 Å². The monoisotopic (exact) mass is 242 g/mol. The lowest BCUT2D eigenvalue weighted by atomic mass is 10.2. The van der Waals surface area contributed by atoms with E-state index < -0.39 is 0 Å². The van der Waals surface area contributed by atoms with Crippen molar-refractivity contribution in [2.45, 2.75) is 13.5 Å². The maximum atomic E-state index is 5.64. The Balaban J connectivity index is 2.22. The van der Waals surface area contributed by atoms with Crippen molar-refractivity contribution < 1.29 is 4.74 Å². The fraction of sp³-hybridized carbons (Fsp3) is 0.200. The third kappa shape index (κ3) is 3.02. The number of nitrogens with two attached hydrogens (primary N) is 1. The highest BCUT2D eigenvalue weighted by Crippen LogP contribution is 2.27. The van der Waals surface area contributed by atoms with Crippen LogP contribution in [-0.2, 0) is 6.54 Å².